The van der Waals surface area contributed by atoms with Crippen LogP contribution in [0.5, 0.6) is 0 Å². The largest absolute Gasteiger partial charge is 0.381 e. The Labute approximate surface area is 159 Å². The van der Waals surface area contributed by atoms with Crippen LogP contribution in [0.1, 0.15) is 12.8 Å². The first-order valence-corrected chi connectivity index (χ1v) is 10.2. The molecule has 3 rings (SSSR count). The molecule has 1 amide bonds. The lowest BCUT2D eigenvalue weighted by atomic mass is 9.79. The highest BCUT2D eigenvalue weighted by Crippen LogP contribution is 2.31. The lowest BCUT2D eigenvalue weighted by Crippen LogP contribution is -2.46. The molecule has 1 aliphatic rings. The highest BCUT2D eigenvalue weighted by molar-refractivity contribution is 7.92. The van der Waals surface area contributed by atoms with Crippen LogP contribution in [0.3, 0.4) is 0 Å². The standard InChI is InChI=1S/C19H23N3O4S/c20-14-19(10-12-26-13-11-19)18(23)21-15-6-8-17(9-7-15)27(24,25)22-16-4-2-1-3-5-16/h1-9,22H,10-14,20H2,(H,21,23). The number of anilines is 2. The van der Waals surface area contributed by atoms with Gasteiger partial charge in [-0.1, -0.05) is 18.2 Å². The first kappa shape index (κ1) is 19.3. The normalized spacial score (nSPS) is 16.5. The van der Waals surface area contributed by atoms with E-state index >= 15 is 0 Å². The maximum atomic E-state index is 12.7. The maximum absolute atomic E-state index is 12.7. The van der Waals surface area contributed by atoms with Gasteiger partial charge in [-0.25, -0.2) is 8.42 Å². The second kappa shape index (κ2) is 8.08. The molecule has 7 nitrogen and oxygen atoms in total. The Morgan fingerprint density at radius 3 is 2.22 bits per heavy atom. The SMILES string of the molecule is NCC1(C(=O)Nc2ccc(S(=O)(=O)Nc3ccccc3)cc2)CCOCC1. The summed E-state index contributed by atoms with van der Waals surface area (Å²) in [5.74, 6) is -0.161. The third-order valence-corrected chi connectivity index (χ3v) is 6.17. The van der Waals surface area contributed by atoms with E-state index in [1.807, 2.05) is 6.07 Å². The molecule has 144 valence electrons. The summed E-state index contributed by atoms with van der Waals surface area (Å²) in [7, 11) is -3.70. The van der Waals surface area contributed by atoms with Crippen molar-refractivity contribution in [3.05, 3.63) is 54.6 Å². The van der Waals surface area contributed by atoms with Gasteiger partial charge in [-0.3, -0.25) is 9.52 Å². The van der Waals surface area contributed by atoms with Gasteiger partial charge in [0, 0.05) is 31.1 Å². The minimum atomic E-state index is -3.70. The molecule has 27 heavy (non-hydrogen) atoms. The minimum Gasteiger partial charge on any atom is -0.381 e. The van der Waals surface area contributed by atoms with Crippen molar-refractivity contribution in [3.8, 4) is 0 Å². The molecule has 1 aliphatic heterocycles. The Kier molecular flexibility index (Phi) is 5.79. The predicted molar refractivity (Wildman–Crippen MR) is 104 cm³/mol. The average Bonchev–Trinajstić information content (AvgIpc) is 2.69. The van der Waals surface area contributed by atoms with Crippen molar-refractivity contribution in [2.24, 2.45) is 11.1 Å². The fourth-order valence-electron chi connectivity index (χ4n) is 2.99. The highest BCUT2D eigenvalue weighted by Gasteiger charge is 2.38. The fraction of sp³-hybridized carbons (Fsp3) is 0.316. The summed E-state index contributed by atoms with van der Waals surface area (Å²) >= 11 is 0. The first-order valence-electron chi connectivity index (χ1n) is 8.72. The smallest absolute Gasteiger partial charge is 0.261 e. The zero-order chi connectivity index (χ0) is 19.3. The molecule has 0 bridgehead atoms. The lowest BCUT2D eigenvalue weighted by Gasteiger charge is -2.34. The van der Waals surface area contributed by atoms with Crippen molar-refractivity contribution in [2.75, 3.05) is 29.8 Å². The molecule has 1 fully saturated rings. The van der Waals surface area contributed by atoms with Crippen LogP contribution < -0.4 is 15.8 Å². The average molecular weight is 389 g/mol. The molecular formula is C19H23N3O4S. The molecule has 0 spiro atoms. The zero-order valence-electron chi connectivity index (χ0n) is 14.9. The van der Waals surface area contributed by atoms with Gasteiger partial charge in [0.2, 0.25) is 5.91 Å². The van der Waals surface area contributed by atoms with Crippen LogP contribution in [-0.2, 0) is 19.6 Å². The summed E-state index contributed by atoms with van der Waals surface area (Å²) in [6.07, 6.45) is 1.14. The molecule has 1 saturated heterocycles. The number of rotatable bonds is 6. The summed E-state index contributed by atoms with van der Waals surface area (Å²) in [5.41, 5.74) is 6.21. The van der Waals surface area contributed by atoms with Gasteiger partial charge in [0.05, 0.1) is 10.3 Å². The van der Waals surface area contributed by atoms with Gasteiger partial charge in [-0.15, -0.1) is 0 Å². The summed E-state index contributed by atoms with van der Waals surface area (Å²) in [6.45, 7) is 1.26. The number of nitrogens with two attached hydrogens (primary N) is 1. The fourth-order valence-corrected chi connectivity index (χ4v) is 4.05. The van der Waals surface area contributed by atoms with Gasteiger partial charge in [-0.05, 0) is 49.2 Å². The number of hydrogen-bond donors (Lipinski definition) is 3. The molecule has 0 aromatic heterocycles. The molecule has 0 aliphatic carbocycles. The van der Waals surface area contributed by atoms with E-state index in [2.05, 4.69) is 10.0 Å². The highest BCUT2D eigenvalue weighted by atomic mass is 32.2. The van der Waals surface area contributed by atoms with Gasteiger partial charge in [-0.2, -0.15) is 0 Å². The molecule has 0 atom stereocenters. The van der Waals surface area contributed by atoms with Crippen LogP contribution in [0, 0.1) is 5.41 Å². The van der Waals surface area contributed by atoms with E-state index in [1.165, 1.54) is 12.1 Å². The number of nitrogens with one attached hydrogen (secondary N) is 2. The Bertz CT molecular complexity index is 877. The third-order valence-electron chi connectivity index (χ3n) is 4.77. The Morgan fingerprint density at radius 2 is 1.63 bits per heavy atom. The van der Waals surface area contributed by atoms with E-state index in [0.29, 0.717) is 37.4 Å². The quantitative estimate of drug-likeness (QED) is 0.701. The molecule has 1 heterocycles. The zero-order valence-corrected chi connectivity index (χ0v) is 15.7. The van der Waals surface area contributed by atoms with Crippen LogP contribution >= 0.6 is 0 Å². The van der Waals surface area contributed by atoms with Crippen LogP contribution in [0.15, 0.2) is 59.5 Å². The van der Waals surface area contributed by atoms with Crippen LogP contribution in [0.2, 0.25) is 0 Å². The number of benzene rings is 2. The van der Waals surface area contributed by atoms with E-state index in [1.54, 1.807) is 36.4 Å². The predicted octanol–water partition coefficient (Wildman–Crippen LogP) is 2.18. The van der Waals surface area contributed by atoms with Gasteiger partial charge in [0.15, 0.2) is 0 Å². The van der Waals surface area contributed by atoms with Crippen LogP contribution in [0.25, 0.3) is 0 Å². The summed E-state index contributed by atoms with van der Waals surface area (Å²) in [4.78, 5) is 12.8. The van der Waals surface area contributed by atoms with Crippen LogP contribution in [-0.4, -0.2) is 34.1 Å². The van der Waals surface area contributed by atoms with Crippen molar-refractivity contribution in [2.45, 2.75) is 17.7 Å². The number of ether oxygens (including phenoxy) is 1. The number of carbonyl (C=O) groups excluding carboxylic acids is 1. The van der Waals surface area contributed by atoms with E-state index in [9.17, 15) is 13.2 Å². The van der Waals surface area contributed by atoms with Crippen molar-refractivity contribution >= 4 is 27.3 Å². The number of carbonyl (C=O) groups is 1. The topological polar surface area (TPSA) is 111 Å². The van der Waals surface area contributed by atoms with Crippen molar-refractivity contribution in [1.29, 1.82) is 0 Å². The lowest BCUT2D eigenvalue weighted by molar-refractivity contribution is -0.130. The maximum Gasteiger partial charge on any atom is 0.261 e. The van der Waals surface area contributed by atoms with Gasteiger partial charge in [0.1, 0.15) is 0 Å². The number of amides is 1. The van der Waals surface area contributed by atoms with E-state index in [0.717, 1.165) is 0 Å². The second-order valence-corrected chi connectivity index (χ2v) is 8.23. The van der Waals surface area contributed by atoms with E-state index < -0.39 is 15.4 Å². The summed E-state index contributed by atoms with van der Waals surface area (Å²) < 4.78 is 32.7. The Hall–Kier alpha value is -2.42. The number of sulfonamides is 1. The summed E-state index contributed by atoms with van der Waals surface area (Å²) in [5, 5.41) is 2.84. The van der Waals surface area contributed by atoms with Gasteiger partial charge < -0.3 is 15.8 Å². The molecule has 2 aromatic rings. The first-order chi connectivity index (χ1) is 13.0. The Balaban J connectivity index is 1.70. The molecule has 8 heteroatoms. The van der Waals surface area contributed by atoms with Crippen LogP contribution in [0.4, 0.5) is 11.4 Å². The monoisotopic (exact) mass is 389 g/mol. The number of hydrogen-bond acceptors (Lipinski definition) is 5. The minimum absolute atomic E-state index is 0.115. The molecule has 0 unspecified atom stereocenters. The Morgan fingerprint density at radius 1 is 1.00 bits per heavy atom. The molecule has 0 saturated carbocycles. The van der Waals surface area contributed by atoms with Crippen molar-refractivity contribution < 1.29 is 17.9 Å². The third kappa shape index (κ3) is 4.47. The van der Waals surface area contributed by atoms with Crippen molar-refractivity contribution in [1.82, 2.24) is 0 Å². The summed E-state index contributed by atoms with van der Waals surface area (Å²) in [6, 6.07) is 14.7. The number of para-hydroxylation sites is 1. The van der Waals surface area contributed by atoms with E-state index in [-0.39, 0.29) is 17.3 Å². The van der Waals surface area contributed by atoms with Crippen molar-refractivity contribution in [3.63, 3.8) is 0 Å². The molecule has 4 N–H and O–H groups in total. The second-order valence-electron chi connectivity index (χ2n) is 6.55. The molecule has 2 aromatic carbocycles. The van der Waals surface area contributed by atoms with Gasteiger partial charge in [0.25, 0.3) is 10.0 Å². The molecular weight excluding hydrogens is 366 g/mol. The van der Waals surface area contributed by atoms with Gasteiger partial charge >= 0.3 is 0 Å². The van der Waals surface area contributed by atoms with E-state index in [4.69, 9.17) is 10.5 Å². The molecule has 0 radical (unpaired) electrons.